The van der Waals surface area contributed by atoms with Gasteiger partial charge in [0.2, 0.25) is 11.8 Å². The highest BCUT2D eigenvalue weighted by molar-refractivity contribution is 8.00. The van der Waals surface area contributed by atoms with Crippen LogP contribution in [0.3, 0.4) is 0 Å². The minimum Gasteiger partial charge on any atom is -0.465 e. The maximum atomic E-state index is 12.3. The second kappa shape index (κ2) is 11.2. The summed E-state index contributed by atoms with van der Waals surface area (Å²) in [4.78, 5) is 26.6. The SMILES string of the molecule is Cc1ccc(NC(=O)CSCC(=O)NCC(c2ccc(C)o2)N2CCOCC2)cc1. The summed E-state index contributed by atoms with van der Waals surface area (Å²) in [5.74, 6) is 1.95. The molecule has 1 fully saturated rings. The van der Waals surface area contributed by atoms with E-state index in [0.29, 0.717) is 19.8 Å². The zero-order valence-corrected chi connectivity index (χ0v) is 18.3. The van der Waals surface area contributed by atoms with Crippen LogP contribution in [0.2, 0.25) is 0 Å². The van der Waals surface area contributed by atoms with Crippen LogP contribution >= 0.6 is 11.8 Å². The van der Waals surface area contributed by atoms with Crippen molar-refractivity contribution in [3.63, 3.8) is 0 Å². The van der Waals surface area contributed by atoms with Gasteiger partial charge in [0.25, 0.3) is 0 Å². The first kappa shape index (κ1) is 22.4. The van der Waals surface area contributed by atoms with Crippen molar-refractivity contribution >= 4 is 29.3 Å². The number of ether oxygens (including phenoxy) is 1. The molecule has 0 spiro atoms. The average molecular weight is 432 g/mol. The maximum absolute atomic E-state index is 12.3. The van der Waals surface area contributed by atoms with Crippen molar-refractivity contribution in [3.8, 4) is 0 Å². The lowest BCUT2D eigenvalue weighted by molar-refractivity contribution is -0.119. The lowest BCUT2D eigenvalue weighted by atomic mass is 10.1. The second-order valence-corrected chi connectivity index (χ2v) is 8.31. The minimum atomic E-state index is -0.117. The van der Waals surface area contributed by atoms with E-state index in [4.69, 9.17) is 9.15 Å². The van der Waals surface area contributed by atoms with E-state index in [1.807, 2.05) is 50.2 Å². The number of nitrogens with zero attached hydrogens (tertiary/aromatic N) is 1. The number of aryl methyl sites for hydroxylation is 2. The average Bonchev–Trinajstić information content (AvgIpc) is 3.16. The number of morpholine rings is 1. The van der Waals surface area contributed by atoms with E-state index in [1.54, 1.807) is 0 Å². The number of anilines is 1. The Morgan fingerprint density at radius 1 is 1.03 bits per heavy atom. The maximum Gasteiger partial charge on any atom is 0.234 e. The van der Waals surface area contributed by atoms with Crippen LogP contribution in [0.15, 0.2) is 40.8 Å². The molecular weight excluding hydrogens is 402 g/mol. The first-order valence-electron chi connectivity index (χ1n) is 10.1. The van der Waals surface area contributed by atoms with Gasteiger partial charge in [0.05, 0.1) is 30.8 Å². The number of furan rings is 1. The van der Waals surface area contributed by atoms with Crippen LogP contribution in [0.4, 0.5) is 5.69 Å². The molecule has 2 heterocycles. The van der Waals surface area contributed by atoms with Crippen LogP contribution in [-0.4, -0.2) is 61.1 Å². The Labute approximate surface area is 181 Å². The van der Waals surface area contributed by atoms with Crippen molar-refractivity contribution in [2.75, 3.05) is 49.7 Å². The lowest BCUT2D eigenvalue weighted by Crippen LogP contribution is -2.44. The summed E-state index contributed by atoms with van der Waals surface area (Å²) in [6.45, 7) is 7.32. The van der Waals surface area contributed by atoms with Crippen LogP contribution in [-0.2, 0) is 14.3 Å². The molecule has 2 aromatic rings. The largest absolute Gasteiger partial charge is 0.465 e. The molecule has 3 rings (SSSR count). The first-order chi connectivity index (χ1) is 14.5. The summed E-state index contributed by atoms with van der Waals surface area (Å²) in [7, 11) is 0. The fourth-order valence-electron chi connectivity index (χ4n) is 3.26. The molecule has 0 radical (unpaired) electrons. The lowest BCUT2D eigenvalue weighted by Gasteiger charge is -2.33. The molecule has 0 bridgehead atoms. The molecule has 30 heavy (non-hydrogen) atoms. The van der Waals surface area contributed by atoms with Crippen LogP contribution in [0.25, 0.3) is 0 Å². The summed E-state index contributed by atoms with van der Waals surface area (Å²) in [6, 6.07) is 11.5. The van der Waals surface area contributed by atoms with Gasteiger partial charge in [-0.3, -0.25) is 14.5 Å². The predicted octanol–water partition coefficient (Wildman–Crippen LogP) is 2.76. The fourth-order valence-corrected chi connectivity index (χ4v) is 3.91. The highest BCUT2D eigenvalue weighted by Crippen LogP contribution is 2.23. The van der Waals surface area contributed by atoms with E-state index < -0.39 is 0 Å². The Balaban J connectivity index is 1.42. The van der Waals surface area contributed by atoms with E-state index in [-0.39, 0.29) is 29.4 Å². The van der Waals surface area contributed by atoms with E-state index in [9.17, 15) is 9.59 Å². The molecule has 1 aliphatic rings. The number of hydrogen-bond donors (Lipinski definition) is 2. The van der Waals surface area contributed by atoms with E-state index >= 15 is 0 Å². The van der Waals surface area contributed by atoms with E-state index in [2.05, 4.69) is 15.5 Å². The Morgan fingerprint density at radius 3 is 2.40 bits per heavy atom. The molecule has 1 aromatic heterocycles. The van der Waals surface area contributed by atoms with Crippen LogP contribution in [0, 0.1) is 13.8 Å². The molecule has 7 nitrogen and oxygen atoms in total. The number of amides is 2. The standard InChI is InChI=1S/C22H29N3O4S/c1-16-3-6-18(7-4-16)24-22(27)15-30-14-21(26)23-13-19(20-8-5-17(2)29-20)25-9-11-28-12-10-25/h3-8,19H,9-15H2,1-2H3,(H,23,26)(H,24,27). The topological polar surface area (TPSA) is 83.8 Å². The van der Waals surface area contributed by atoms with Gasteiger partial charge in [0, 0.05) is 25.3 Å². The summed E-state index contributed by atoms with van der Waals surface area (Å²) in [6.07, 6.45) is 0. The van der Waals surface area contributed by atoms with Crippen molar-refractivity contribution in [2.24, 2.45) is 0 Å². The van der Waals surface area contributed by atoms with Crippen molar-refractivity contribution < 1.29 is 18.7 Å². The predicted molar refractivity (Wildman–Crippen MR) is 119 cm³/mol. The molecule has 2 N–H and O–H groups in total. The monoisotopic (exact) mass is 431 g/mol. The quantitative estimate of drug-likeness (QED) is 0.635. The number of carbonyl (C=O) groups is 2. The number of thioether (sulfide) groups is 1. The normalized spacial score (nSPS) is 15.5. The van der Waals surface area contributed by atoms with Gasteiger partial charge in [-0.2, -0.15) is 0 Å². The fraction of sp³-hybridized carbons (Fsp3) is 0.455. The van der Waals surface area contributed by atoms with Gasteiger partial charge in [-0.05, 0) is 38.1 Å². The van der Waals surface area contributed by atoms with Gasteiger partial charge in [-0.1, -0.05) is 17.7 Å². The first-order valence-corrected chi connectivity index (χ1v) is 11.3. The molecule has 1 saturated heterocycles. The number of hydrogen-bond acceptors (Lipinski definition) is 6. The summed E-state index contributed by atoms with van der Waals surface area (Å²) in [5, 5.41) is 5.82. The van der Waals surface area contributed by atoms with Crippen LogP contribution < -0.4 is 10.6 Å². The zero-order chi connectivity index (χ0) is 21.3. The third kappa shape index (κ3) is 6.90. The number of carbonyl (C=O) groups excluding carboxylic acids is 2. The summed E-state index contributed by atoms with van der Waals surface area (Å²) < 4.78 is 11.3. The van der Waals surface area contributed by atoms with Crippen molar-refractivity contribution in [1.82, 2.24) is 10.2 Å². The van der Waals surface area contributed by atoms with Gasteiger partial charge in [0.15, 0.2) is 0 Å². The number of rotatable bonds is 9. The van der Waals surface area contributed by atoms with Gasteiger partial charge in [0.1, 0.15) is 11.5 Å². The van der Waals surface area contributed by atoms with Crippen LogP contribution in [0.1, 0.15) is 23.1 Å². The minimum absolute atomic E-state index is 0.0265. The smallest absolute Gasteiger partial charge is 0.234 e. The zero-order valence-electron chi connectivity index (χ0n) is 17.5. The van der Waals surface area contributed by atoms with Crippen molar-refractivity contribution in [2.45, 2.75) is 19.9 Å². The second-order valence-electron chi connectivity index (χ2n) is 7.32. The number of benzene rings is 1. The van der Waals surface area contributed by atoms with Crippen molar-refractivity contribution in [3.05, 3.63) is 53.5 Å². The Bertz CT molecular complexity index is 831. The molecule has 1 atom stereocenters. The molecular formula is C22H29N3O4S. The molecule has 1 unspecified atom stereocenters. The molecule has 162 valence electrons. The molecule has 1 aromatic carbocycles. The molecule has 1 aliphatic heterocycles. The van der Waals surface area contributed by atoms with Gasteiger partial charge in [-0.25, -0.2) is 0 Å². The number of nitrogens with one attached hydrogen (secondary N) is 2. The molecule has 0 saturated carbocycles. The van der Waals surface area contributed by atoms with Gasteiger partial charge >= 0.3 is 0 Å². The Hall–Kier alpha value is -2.29. The molecule has 2 amide bonds. The van der Waals surface area contributed by atoms with Gasteiger partial charge < -0.3 is 19.8 Å². The molecule has 0 aliphatic carbocycles. The molecule has 8 heteroatoms. The highest BCUT2D eigenvalue weighted by atomic mass is 32.2. The third-order valence-electron chi connectivity index (χ3n) is 4.87. The summed E-state index contributed by atoms with van der Waals surface area (Å²) in [5.41, 5.74) is 1.90. The Kier molecular flexibility index (Phi) is 8.36. The van der Waals surface area contributed by atoms with Gasteiger partial charge in [-0.15, -0.1) is 11.8 Å². The third-order valence-corrected chi connectivity index (χ3v) is 5.80. The Morgan fingerprint density at radius 2 is 1.73 bits per heavy atom. The van der Waals surface area contributed by atoms with E-state index in [0.717, 1.165) is 35.9 Å². The van der Waals surface area contributed by atoms with Crippen LogP contribution in [0.5, 0.6) is 0 Å². The van der Waals surface area contributed by atoms with Crippen molar-refractivity contribution in [1.29, 1.82) is 0 Å². The van der Waals surface area contributed by atoms with E-state index in [1.165, 1.54) is 11.8 Å². The summed E-state index contributed by atoms with van der Waals surface area (Å²) >= 11 is 1.30. The highest BCUT2D eigenvalue weighted by Gasteiger charge is 2.25.